The van der Waals surface area contributed by atoms with Crippen LogP contribution in [0.25, 0.3) is 0 Å². The molecular formula is C14H21ClN2O. The van der Waals surface area contributed by atoms with Gasteiger partial charge in [-0.1, -0.05) is 31.5 Å². The van der Waals surface area contributed by atoms with E-state index < -0.39 is 5.54 Å². The van der Waals surface area contributed by atoms with Crippen LogP contribution in [0.5, 0.6) is 0 Å². The van der Waals surface area contributed by atoms with E-state index in [1.54, 1.807) is 18.2 Å². The molecule has 1 rings (SSSR count). The summed E-state index contributed by atoms with van der Waals surface area (Å²) < 4.78 is 0. The molecule has 1 aromatic rings. The van der Waals surface area contributed by atoms with Gasteiger partial charge < -0.3 is 11.1 Å². The quantitative estimate of drug-likeness (QED) is 0.882. The number of benzene rings is 1. The maximum Gasteiger partial charge on any atom is 0.252 e. The zero-order chi connectivity index (χ0) is 13.9. The molecule has 100 valence electrons. The molecular weight excluding hydrogens is 248 g/mol. The molecule has 18 heavy (non-hydrogen) atoms. The molecule has 4 heteroatoms. The molecule has 0 aliphatic carbocycles. The first-order valence-corrected chi connectivity index (χ1v) is 6.47. The topological polar surface area (TPSA) is 55.1 Å². The lowest BCUT2D eigenvalue weighted by molar-refractivity contribution is 0.0882. The molecule has 0 saturated carbocycles. The lowest BCUT2D eigenvalue weighted by Gasteiger charge is -2.33. The number of carbonyl (C=O) groups is 1. The van der Waals surface area contributed by atoms with Crippen molar-refractivity contribution in [3.8, 4) is 0 Å². The van der Waals surface area contributed by atoms with Crippen molar-refractivity contribution in [1.82, 2.24) is 5.32 Å². The van der Waals surface area contributed by atoms with Crippen molar-refractivity contribution in [2.45, 2.75) is 33.2 Å². The molecule has 0 fully saturated rings. The van der Waals surface area contributed by atoms with Gasteiger partial charge in [0.05, 0.1) is 5.54 Å². The minimum atomic E-state index is -0.411. The molecule has 0 heterocycles. The smallest absolute Gasteiger partial charge is 0.252 e. The molecule has 0 bridgehead atoms. The number of halogens is 1. The molecule has 1 atom stereocenters. The van der Waals surface area contributed by atoms with Gasteiger partial charge in [-0.3, -0.25) is 4.79 Å². The fourth-order valence-corrected chi connectivity index (χ4v) is 1.79. The summed E-state index contributed by atoms with van der Waals surface area (Å²) in [5, 5.41) is 3.60. The van der Waals surface area contributed by atoms with E-state index in [1.807, 2.05) is 27.7 Å². The van der Waals surface area contributed by atoms with Crippen molar-refractivity contribution in [3.05, 3.63) is 34.3 Å². The highest BCUT2D eigenvalue weighted by Crippen LogP contribution is 2.21. The van der Waals surface area contributed by atoms with Crippen LogP contribution in [0.2, 0.25) is 5.02 Å². The van der Waals surface area contributed by atoms with E-state index in [1.165, 1.54) is 0 Å². The number of rotatable bonds is 4. The van der Waals surface area contributed by atoms with Gasteiger partial charge in [-0.05, 0) is 37.5 Å². The van der Waals surface area contributed by atoms with Crippen LogP contribution in [0.4, 0.5) is 0 Å². The zero-order valence-electron chi connectivity index (χ0n) is 11.4. The van der Waals surface area contributed by atoms with E-state index in [9.17, 15) is 4.79 Å². The van der Waals surface area contributed by atoms with Crippen molar-refractivity contribution in [2.75, 3.05) is 6.54 Å². The highest BCUT2D eigenvalue weighted by molar-refractivity contribution is 6.31. The predicted molar refractivity (Wildman–Crippen MR) is 76.0 cm³/mol. The van der Waals surface area contributed by atoms with Crippen LogP contribution >= 0.6 is 11.6 Å². The highest BCUT2D eigenvalue weighted by Gasteiger charge is 2.29. The van der Waals surface area contributed by atoms with Crippen LogP contribution in [0.3, 0.4) is 0 Å². The molecule has 0 spiro atoms. The molecule has 0 aliphatic rings. The van der Waals surface area contributed by atoms with Crippen LogP contribution in [0, 0.1) is 12.8 Å². The summed E-state index contributed by atoms with van der Waals surface area (Å²) in [6, 6.07) is 5.32. The van der Waals surface area contributed by atoms with Gasteiger partial charge in [0, 0.05) is 17.1 Å². The number of nitrogens with one attached hydrogen (secondary N) is 1. The Labute approximate surface area is 114 Å². The minimum Gasteiger partial charge on any atom is -0.345 e. The molecule has 1 aromatic carbocycles. The summed E-state index contributed by atoms with van der Waals surface area (Å²) in [6.07, 6.45) is 0. The highest BCUT2D eigenvalue weighted by atomic mass is 35.5. The second-order valence-electron chi connectivity index (χ2n) is 5.14. The van der Waals surface area contributed by atoms with Gasteiger partial charge in [0.25, 0.3) is 5.91 Å². The summed E-state index contributed by atoms with van der Waals surface area (Å²) in [6.45, 7) is 8.27. The van der Waals surface area contributed by atoms with Crippen molar-refractivity contribution in [1.29, 1.82) is 0 Å². The van der Waals surface area contributed by atoms with Crippen LogP contribution < -0.4 is 11.1 Å². The molecule has 0 aliphatic heterocycles. The van der Waals surface area contributed by atoms with Crippen molar-refractivity contribution >= 4 is 17.5 Å². The summed E-state index contributed by atoms with van der Waals surface area (Å²) in [5.74, 6) is 0.127. The zero-order valence-corrected chi connectivity index (χ0v) is 12.1. The Bertz CT molecular complexity index is 445. The Hall–Kier alpha value is -1.06. The van der Waals surface area contributed by atoms with Gasteiger partial charge in [-0.2, -0.15) is 0 Å². The second-order valence-corrected chi connectivity index (χ2v) is 5.55. The first-order chi connectivity index (χ1) is 8.31. The maximum atomic E-state index is 12.3. The molecule has 1 amide bonds. The lowest BCUT2D eigenvalue weighted by atomic mass is 9.88. The lowest BCUT2D eigenvalue weighted by Crippen LogP contribution is -2.55. The Morgan fingerprint density at radius 2 is 2.11 bits per heavy atom. The molecule has 3 nitrogen and oxygen atoms in total. The molecule has 0 saturated heterocycles. The number of hydrogen-bond donors (Lipinski definition) is 2. The van der Waals surface area contributed by atoms with Crippen molar-refractivity contribution in [3.63, 3.8) is 0 Å². The van der Waals surface area contributed by atoms with Crippen molar-refractivity contribution in [2.24, 2.45) is 11.7 Å². The van der Waals surface area contributed by atoms with E-state index in [-0.39, 0.29) is 11.8 Å². The SMILES string of the molecule is Cc1c(Cl)cccc1C(=O)NC(C)(CN)C(C)C. The standard InChI is InChI=1S/C14H21ClN2O/c1-9(2)14(4,8-16)17-13(18)11-6-5-7-12(15)10(11)3/h5-7,9H,8,16H2,1-4H3,(H,17,18). The van der Waals surface area contributed by atoms with Gasteiger partial charge in [0.15, 0.2) is 0 Å². The molecule has 3 N–H and O–H groups in total. The minimum absolute atomic E-state index is 0.128. The van der Waals surface area contributed by atoms with Crippen molar-refractivity contribution < 1.29 is 4.79 Å². The first kappa shape index (κ1) is 15.0. The monoisotopic (exact) mass is 268 g/mol. The average molecular weight is 269 g/mol. The van der Waals surface area contributed by atoms with E-state index >= 15 is 0 Å². The number of amides is 1. The first-order valence-electron chi connectivity index (χ1n) is 6.09. The molecule has 0 aromatic heterocycles. The Kier molecular flexibility index (Phi) is 4.77. The van der Waals surface area contributed by atoms with Crippen LogP contribution in [-0.2, 0) is 0 Å². The number of nitrogens with two attached hydrogens (primary N) is 1. The third kappa shape index (κ3) is 3.03. The summed E-state index contributed by atoms with van der Waals surface area (Å²) >= 11 is 6.02. The van der Waals surface area contributed by atoms with Crippen LogP contribution in [0.15, 0.2) is 18.2 Å². The second kappa shape index (κ2) is 5.72. The number of carbonyl (C=O) groups excluding carboxylic acids is 1. The number of hydrogen-bond acceptors (Lipinski definition) is 2. The van der Waals surface area contributed by atoms with Gasteiger partial charge in [-0.15, -0.1) is 0 Å². The Morgan fingerprint density at radius 3 is 2.61 bits per heavy atom. The third-order valence-corrected chi connectivity index (χ3v) is 4.02. The summed E-state index contributed by atoms with van der Waals surface area (Å²) in [7, 11) is 0. The normalized spacial score (nSPS) is 14.4. The molecule has 0 radical (unpaired) electrons. The molecule has 1 unspecified atom stereocenters. The maximum absolute atomic E-state index is 12.3. The van der Waals surface area contributed by atoms with E-state index in [0.717, 1.165) is 5.56 Å². The van der Waals surface area contributed by atoms with Crippen LogP contribution in [0.1, 0.15) is 36.7 Å². The Balaban J connectivity index is 2.99. The summed E-state index contributed by atoms with van der Waals surface area (Å²) in [5.41, 5.74) is 6.74. The van der Waals surface area contributed by atoms with Gasteiger partial charge in [0.2, 0.25) is 0 Å². The third-order valence-electron chi connectivity index (χ3n) is 3.61. The Morgan fingerprint density at radius 1 is 1.50 bits per heavy atom. The summed E-state index contributed by atoms with van der Waals surface area (Å²) in [4.78, 5) is 12.3. The van der Waals surface area contributed by atoms with Gasteiger partial charge in [-0.25, -0.2) is 0 Å². The van der Waals surface area contributed by atoms with E-state index in [0.29, 0.717) is 17.1 Å². The predicted octanol–water partition coefficient (Wildman–Crippen LogP) is 2.75. The van der Waals surface area contributed by atoms with E-state index in [2.05, 4.69) is 5.32 Å². The largest absolute Gasteiger partial charge is 0.345 e. The average Bonchev–Trinajstić information content (AvgIpc) is 2.32. The van der Waals surface area contributed by atoms with Gasteiger partial charge in [0.1, 0.15) is 0 Å². The van der Waals surface area contributed by atoms with E-state index in [4.69, 9.17) is 17.3 Å². The fourth-order valence-electron chi connectivity index (χ4n) is 1.61. The van der Waals surface area contributed by atoms with Gasteiger partial charge >= 0.3 is 0 Å². The fraction of sp³-hybridized carbons (Fsp3) is 0.500. The van der Waals surface area contributed by atoms with Crippen LogP contribution in [-0.4, -0.2) is 18.0 Å².